The fraction of sp³-hybridized carbons (Fsp3) is 0.667. The van der Waals surface area contributed by atoms with Crippen molar-refractivity contribution >= 4 is 5.91 Å². The highest BCUT2D eigenvalue weighted by Crippen LogP contribution is 1.97. The summed E-state index contributed by atoms with van der Waals surface area (Å²) < 4.78 is 7.20. The largest absolute Gasteiger partial charge is 0.378 e. The highest BCUT2D eigenvalue weighted by atomic mass is 16.5. The predicted molar refractivity (Wildman–Crippen MR) is 67.2 cm³/mol. The van der Waals surface area contributed by atoms with Gasteiger partial charge in [-0.25, -0.2) is 4.98 Å². The Morgan fingerprint density at radius 2 is 2.28 bits per heavy atom. The van der Waals surface area contributed by atoms with Crippen molar-refractivity contribution in [3.05, 3.63) is 18.2 Å². The lowest BCUT2D eigenvalue weighted by Crippen LogP contribution is -2.44. The number of amides is 1. The van der Waals surface area contributed by atoms with Gasteiger partial charge in [0.1, 0.15) is 5.82 Å². The zero-order chi connectivity index (χ0) is 12.8. The molecule has 1 amide bonds. The number of carbonyl (C=O) groups excluding carboxylic acids is 1. The van der Waals surface area contributed by atoms with Gasteiger partial charge < -0.3 is 19.5 Å². The molecule has 1 saturated heterocycles. The first-order valence-corrected chi connectivity index (χ1v) is 6.30. The first-order chi connectivity index (χ1) is 8.77. The number of hydrogen-bond acceptors (Lipinski definition) is 4. The molecule has 1 aromatic heterocycles. The minimum absolute atomic E-state index is 0.151. The van der Waals surface area contributed by atoms with Gasteiger partial charge in [-0.05, 0) is 0 Å². The van der Waals surface area contributed by atoms with E-state index in [0.717, 1.165) is 18.8 Å². The number of aromatic nitrogens is 2. The van der Waals surface area contributed by atoms with Crippen molar-refractivity contribution in [3.8, 4) is 0 Å². The fourth-order valence-electron chi connectivity index (χ4n) is 1.96. The summed E-state index contributed by atoms with van der Waals surface area (Å²) in [6, 6.07) is 0. The van der Waals surface area contributed by atoms with Crippen LogP contribution in [-0.4, -0.2) is 59.8 Å². The van der Waals surface area contributed by atoms with E-state index >= 15 is 0 Å². The molecule has 6 heteroatoms. The third-order valence-corrected chi connectivity index (χ3v) is 3.09. The lowest BCUT2D eigenvalue weighted by molar-refractivity contribution is -0.134. The van der Waals surface area contributed by atoms with Gasteiger partial charge >= 0.3 is 0 Å². The quantitative estimate of drug-likeness (QED) is 0.712. The Hall–Kier alpha value is -1.40. The molecule has 0 saturated carbocycles. The van der Waals surface area contributed by atoms with Gasteiger partial charge in [-0.3, -0.25) is 4.79 Å². The maximum Gasteiger partial charge on any atom is 0.236 e. The van der Waals surface area contributed by atoms with E-state index in [1.165, 1.54) is 0 Å². The lowest BCUT2D eigenvalue weighted by Gasteiger charge is -2.26. The first kappa shape index (κ1) is 13.0. The van der Waals surface area contributed by atoms with Crippen LogP contribution in [0, 0.1) is 0 Å². The molecule has 1 aromatic rings. The summed E-state index contributed by atoms with van der Waals surface area (Å²) in [4.78, 5) is 17.9. The van der Waals surface area contributed by atoms with Crippen molar-refractivity contribution < 1.29 is 9.53 Å². The third-order valence-electron chi connectivity index (χ3n) is 3.09. The molecule has 1 N–H and O–H groups in total. The second kappa shape index (κ2) is 6.51. The van der Waals surface area contributed by atoms with Gasteiger partial charge in [0.05, 0.1) is 19.8 Å². The molecule has 1 fully saturated rings. The molecule has 18 heavy (non-hydrogen) atoms. The normalized spacial score (nSPS) is 15.9. The summed E-state index contributed by atoms with van der Waals surface area (Å²) in [5.74, 6) is 1.18. The molecule has 1 aliphatic rings. The van der Waals surface area contributed by atoms with Gasteiger partial charge in [-0.2, -0.15) is 0 Å². The number of aryl methyl sites for hydroxylation is 1. The first-order valence-electron chi connectivity index (χ1n) is 6.30. The fourth-order valence-corrected chi connectivity index (χ4v) is 1.96. The van der Waals surface area contributed by atoms with Crippen LogP contribution in [0.2, 0.25) is 0 Å². The zero-order valence-electron chi connectivity index (χ0n) is 10.8. The predicted octanol–water partition coefficient (Wildman–Crippen LogP) is -0.589. The van der Waals surface area contributed by atoms with Crippen LogP contribution in [0.5, 0.6) is 0 Å². The Morgan fingerprint density at radius 1 is 1.50 bits per heavy atom. The molecule has 2 heterocycles. The van der Waals surface area contributed by atoms with Crippen molar-refractivity contribution in [2.45, 2.75) is 6.42 Å². The van der Waals surface area contributed by atoms with Crippen LogP contribution in [0.4, 0.5) is 0 Å². The van der Waals surface area contributed by atoms with E-state index in [9.17, 15) is 4.79 Å². The maximum absolute atomic E-state index is 11.8. The van der Waals surface area contributed by atoms with Crippen LogP contribution in [0.25, 0.3) is 0 Å². The van der Waals surface area contributed by atoms with Gasteiger partial charge in [0, 0.05) is 45.5 Å². The topological polar surface area (TPSA) is 59.4 Å². The minimum atomic E-state index is 0.151. The van der Waals surface area contributed by atoms with E-state index in [1.807, 2.05) is 22.7 Å². The number of ether oxygens (including phenoxy) is 1. The molecule has 1 aliphatic heterocycles. The van der Waals surface area contributed by atoms with E-state index in [1.54, 1.807) is 6.20 Å². The summed E-state index contributed by atoms with van der Waals surface area (Å²) in [7, 11) is 1.97. The Kier molecular flexibility index (Phi) is 4.72. The van der Waals surface area contributed by atoms with Crippen LogP contribution < -0.4 is 5.32 Å². The Bertz CT molecular complexity index is 385. The van der Waals surface area contributed by atoms with Gasteiger partial charge in [-0.15, -0.1) is 0 Å². The average Bonchev–Trinajstić information content (AvgIpc) is 2.81. The van der Waals surface area contributed by atoms with Crippen LogP contribution >= 0.6 is 0 Å². The monoisotopic (exact) mass is 252 g/mol. The lowest BCUT2D eigenvalue weighted by atomic mass is 10.3. The molecular weight excluding hydrogens is 232 g/mol. The molecule has 0 atom stereocenters. The van der Waals surface area contributed by atoms with Gasteiger partial charge in [0.25, 0.3) is 0 Å². The molecule has 0 aliphatic carbocycles. The Labute approximate surface area is 107 Å². The van der Waals surface area contributed by atoms with Crippen LogP contribution in [-0.2, 0) is 23.0 Å². The van der Waals surface area contributed by atoms with Gasteiger partial charge in [0.2, 0.25) is 5.91 Å². The van der Waals surface area contributed by atoms with Gasteiger partial charge in [0.15, 0.2) is 0 Å². The third kappa shape index (κ3) is 3.54. The molecule has 0 unspecified atom stereocenters. The summed E-state index contributed by atoms with van der Waals surface area (Å²) in [6.07, 6.45) is 4.54. The molecule has 0 radical (unpaired) electrons. The van der Waals surface area contributed by atoms with E-state index in [4.69, 9.17) is 4.74 Å². The maximum atomic E-state index is 11.8. The smallest absolute Gasteiger partial charge is 0.236 e. The number of rotatable bonds is 5. The van der Waals surface area contributed by atoms with E-state index < -0.39 is 0 Å². The van der Waals surface area contributed by atoms with E-state index in [2.05, 4.69) is 10.3 Å². The van der Waals surface area contributed by atoms with Crippen molar-refractivity contribution in [2.75, 3.05) is 39.4 Å². The zero-order valence-corrected chi connectivity index (χ0v) is 10.8. The summed E-state index contributed by atoms with van der Waals surface area (Å²) in [5, 5.41) is 3.16. The van der Waals surface area contributed by atoms with Crippen LogP contribution in [0.15, 0.2) is 12.4 Å². The summed E-state index contributed by atoms with van der Waals surface area (Å²) in [6.45, 7) is 3.88. The summed E-state index contributed by atoms with van der Waals surface area (Å²) >= 11 is 0. The molecule has 100 valence electrons. The van der Waals surface area contributed by atoms with Crippen molar-refractivity contribution in [1.82, 2.24) is 19.8 Å². The van der Waals surface area contributed by atoms with Crippen LogP contribution in [0.3, 0.4) is 0 Å². The summed E-state index contributed by atoms with van der Waals surface area (Å²) in [5.41, 5.74) is 0. The highest BCUT2D eigenvalue weighted by molar-refractivity contribution is 5.78. The second-order valence-electron chi connectivity index (χ2n) is 4.37. The standard InChI is InChI=1S/C12H20N4O2/c1-15-5-4-14-11(15)2-3-13-10-12(17)16-6-8-18-9-7-16/h4-5,13H,2-3,6-10H2,1H3. The van der Waals surface area contributed by atoms with Crippen LogP contribution in [0.1, 0.15) is 5.82 Å². The Balaban J connectivity index is 1.63. The van der Waals surface area contributed by atoms with Crippen molar-refractivity contribution in [3.63, 3.8) is 0 Å². The number of morpholine rings is 1. The SMILES string of the molecule is Cn1ccnc1CCNCC(=O)N1CCOCC1. The molecule has 6 nitrogen and oxygen atoms in total. The average molecular weight is 252 g/mol. The molecular formula is C12H20N4O2. The van der Waals surface area contributed by atoms with Crippen molar-refractivity contribution in [1.29, 1.82) is 0 Å². The highest BCUT2D eigenvalue weighted by Gasteiger charge is 2.15. The second-order valence-corrected chi connectivity index (χ2v) is 4.37. The molecule has 2 rings (SSSR count). The van der Waals surface area contributed by atoms with Crippen molar-refractivity contribution in [2.24, 2.45) is 7.05 Å². The number of nitrogens with zero attached hydrogens (tertiary/aromatic N) is 3. The number of nitrogens with one attached hydrogen (secondary N) is 1. The Morgan fingerprint density at radius 3 is 2.94 bits per heavy atom. The minimum Gasteiger partial charge on any atom is -0.378 e. The van der Waals surface area contributed by atoms with Gasteiger partial charge in [-0.1, -0.05) is 0 Å². The molecule has 0 bridgehead atoms. The van der Waals surface area contributed by atoms with E-state index in [0.29, 0.717) is 32.8 Å². The molecule has 0 aromatic carbocycles. The molecule has 0 spiro atoms. The number of imidazole rings is 1. The number of hydrogen-bond donors (Lipinski definition) is 1. The van der Waals surface area contributed by atoms with E-state index in [-0.39, 0.29) is 5.91 Å². The number of carbonyl (C=O) groups is 1.